The molecule has 1 aromatic rings. The van der Waals surface area contributed by atoms with Gasteiger partial charge in [-0.1, -0.05) is 49.0 Å². The van der Waals surface area contributed by atoms with E-state index in [2.05, 4.69) is 34.5 Å². The Balaban J connectivity index is 2.91. The number of hydrogen-bond acceptors (Lipinski definition) is 3. The number of hydrogen-bond donors (Lipinski definition) is 2. The molecule has 0 radical (unpaired) electrons. The van der Waals surface area contributed by atoms with Crippen molar-refractivity contribution >= 4 is 31.6 Å². The van der Waals surface area contributed by atoms with E-state index in [0.717, 1.165) is 36.6 Å². The molecule has 1 atom stereocenters. The first-order valence-electron chi connectivity index (χ1n) is 6.98. The van der Waals surface area contributed by atoms with Gasteiger partial charge in [0.2, 0.25) is 10.0 Å². The monoisotopic (exact) mass is 362 g/mol. The van der Waals surface area contributed by atoms with E-state index in [9.17, 15) is 8.42 Å². The number of rotatable bonds is 8. The van der Waals surface area contributed by atoms with E-state index in [1.807, 2.05) is 0 Å². The van der Waals surface area contributed by atoms with Crippen LogP contribution in [0.1, 0.15) is 46.0 Å². The van der Waals surface area contributed by atoms with Gasteiger partial charge in [0.1, 0.15) is 4.90 Å². The lowest BCUT2D eigenvalue weighted by Gasteiger charge is -2.18. The zero-order valence-electron chi connectivity index (χ0n) is 12.0. The number of sulfonamides is 1. The normalized spacial score (nSPS) is 13.3. The minimum Gasteiger partial charge on any atom is -0.398 e. The molecule has 3 N–H and O–H groups in total. The third kappa shape index (κ3) is 5.07. The maximum atomic E-state index is 12.4. The summed E-state index contributed by atoms with van der Waals surface area (Å²) in [6, 6.07) is 4.80. The van der Waals surface area contributed by atoms with Crippen LogP contribution < -0.4 is 10.5 Å². The minimum absolute atomic E-state index is 0.0204. The molecule has 6 heteroatoms. The van der Waals surface area contributed by atoms with E-state index in [-0.39, 0.29) is 16.6 Å². The van der Waals surface area contributed by atoms with Crippen molar-refractivity contribution in [3.8, 4) is 0 Å². The fourth-order valence-electron chi connectivity index (χ4n) is 2.11. The summed E-state index contributed by atoms with van der Waals surface area (Å²) in [5.41, 5.74) is 6.07. The summed E-state index contributed by atoms with van der Waals surface area (Å²) in [5.74, 6) is 0. The van der Waals surface area contributed by atoms with Gasteiger partial charge in [-0.05, 0) is 31.0 Å². The first-order chi connectivity index (χ1) is 9.40. The van der Waals surface area contributed by atoms with Crippen LogP contribution >= 0.6 is 15.9 Å². The summed E-state index contributed by atoms with van der Waals surface area (Å²) in [6.07, 6.45) is 4.73. The molecule has 1 rings (SSSR count). The maximum Gasteiger partial charge on any atom is 0.242 e. The lowest BCUT2D eigenvalue weighted by atomic mass is 10.1. The van der Waals surface area contributed by atoms with Crippen LogP contribution in [-0.2, 0) is 10.0 Å². The molecule has 4 nitrogen and oxygen atoms in total. The number of benzene rings is 1. The zero-order valence-corrected chi connectivity index (χ0v) is 14.4. The lowest BCUT2D eigenvalue weighted by Crippen LogP contribution is -2.35. The van der Waals surface area contributed by atoms with Gasteiger partial charge in [-0.25, -0.2) is 13.1 Å². The van der Waals surface area contributed by atoms with E-state index in [1.54, 1.807) is 12.1 Å². The molecule has 0 saturated heterocycles. The molecule has 0 amide bonds. The second-order valence-electron chi connectivity index (χ2n) is 4.93. The first kappa shape index (κ1) is 17.5. The van der Waals surface area contributed by atoms with Gasteiger partial charge in [0, 0.05) is 10.5 Å². The van der Waals surface area contributed by atoms with E-state index in [1.165, 1.54) is 6.07 Å². The number of unbranched alkanes of at least 4 members (excludes halogenated alkanes) is 1. The quantitative estimate of drug-likeness (QED) is 0.692. The van der Waals surface area contributed by atoms with Gasteiger partial charge in [0.05, 0.1) is 5.69 Å². The van der Waals surface area contributed by atoms with Gasteiger partial charge in [-0.2, -0.15) is 0 Å². The van der Waals surface area contributed by atoms with Crippen LogP contribution in [0.3, 0.4) is 0 Å². The molecule has 1 aromatic carbocycles. The van der Waals surface area contributed by atoms with E-state index in [0.29, 0.717) is 0 Å². The number of nitrogens with two attached hydrogens (primary N) is 1. The number of nitrogens with one attached hydrogen (secondary N) is 1. The molecule has 0 saturated carbocycles. The topological polar surface area (TPSA) is 72.2 Å². The van der Waals surface area contributed by atoms with Crippen molar-refractivity contribution in [3.05, 3.63) is 22.7 Å². The average Bonchev–Trinajstić information content (AvgIpc) is 2.35. The van der Waals surface area contributed by atoms with Crippen molar-refractivity contribution in [2.24, 2.45) is 0 Å². The predicted octanol–water partition coefficient (Wildman–Crippen LogP) is 3.67. The largest absolute Gasteiger partial charge is 0.398 e. The molecule has 0 aliphatic heterocycles. The number of nitrogen functional groups attached to an aromatic ring is 1. The van der Waals surface area contributed by atoms with Crippen LogP contribution in [0.5, 0.6) is 0 Å². The molecular weight excluding hydrogens is 340 g/mol. The van der Waals surface area contributed by atoms with E-state index < -0.39 is 10.0 Å². The molecule has 1 unspecified atom stereocenters. The molecule has 0 heterocycles. The Kier molecular flexibility index (Phi) is 6.99. The second kappa shape index (κ2) is 8.00. The highest BCUT2D eigenvalue weighted by Crippen LogP contribution is 2.23. The van der Waals surface area contributed by atoms with Gasteiger partial charge in [0.15, 0.2) is 0 Å². The van der Waals surface area contributed by atoms with Crippen LogP contribution in [0, 0.1) is 0 Å². The average molecular weight is 363 g/mol. The summed E-state index contributed by atoms with van der Waals surface area (Å²) >= 11 is 3.28. The van der Waals surface area contributed by atoms with Gasteiger partial charge in [0.25, 0.3) is 0 Å². The summed E-state index contributed by atoms with van der Waals surface area (Å²) in [6.45, 7) is 4.16. The molecule has 0 bridgehead atoms. The highest BCUT2D eigenvalue weighted by Gasteiger charge is 2.21. The fourth-order valence-corrected chi connectivity index (χ4v) is 3.90. The van der Waals surface area contributed by atoms with Crippen LogP contribution in [0.25, 0.3) is 0 Å². The Labute approximate surface area is 130 Å². The van der Waals surface area contributed by atoms with Crippen molar-refractivity contribution in [1.82, 2.24) is 4.72 Å². The Bertz CT molecular complexity index is 532. The SMILES string of the molecule is CCCCC(CCC)NS(=O)(=O)c1ccc(Br)cc1N. The molecule has 20 heavy (non-hydrogen) atoms. The first-order valence-corrected chi connectivity index (χ1v) is 9.25. The fraction of sp³-hybridized carbons (Fsp3) is 0.571. The Morgan fingerprint density at radius 2 is 1.95 bits per heavy atom. The second-order valence-corrected chi connectivity index (χ2v) is 7.53. The third-order valence-corrected chi connectivity index (χ3v) is 5.21. The van der Waals surface area contributed by atoms with E-state index in [4.69, 9.17) is 5.73 Å². The summed E-state index contributed by atoms with van der Waals surface area (Å²) in [5, 5.41) is 0. The standard InChI is InChI=1S/C14H23BrN2O2S/c1-3-5-7-12(6-4-2)17-20(18,19)14-9-8-11(15)10-13(14)16/h8-10,12,17H,3-7,16H2,1-2H3. The highest BCUT2D eigenvalue weighted by molar-refractivity contribution is 9.10. The number of halogens is 1. The molecule has 0 aliphatic rings. The van der Waals surface area contributed by atoms with Crippen LogP contribution in [0.2, 0.25) is 0 Å². The smallest absolute Gasteiger partial charge is 0.242 e. The van der Waals surface area contributed by atoms with Gasteiger partial charge >= 0.3 is 0 Å². The van der Waals surface area contributed by atoms with Crippen molar-refractivity contribution in [1.29, 1.82) is 0 Å². The van der Waals surface area contributed by atoms with E-state index >= 15 is 0 Å². The van der Waals surface area contributed by atoms with Crippen molar-refractivity contribution in [2.75, 3.05) is 5.73 Å². The molecule has 0 aliphatic carbocycles. The van der Waals surface area contributed by atoms with Crippen LogP contribution in [0.4, 0.5) is 5.69 Å². The van der Waals surface area contributed by atoms with Crippen molar-refractivity contribution < 1.29 is 8.42 Å². The van der Waals surface area contributed by atoms with Gasteiger partial charge in [-0.3, -0.25) is 0 Å². The summed E-state index contributed by atoms with van der Waals surface area (Å²) in [4.78, 5) is 0.151. The predicted molar refractivity (Wildman–Crippen MR) is 87.1 cm³/mol. The van der Waals surface area contributed by atoms with Gasteiger partial charge < -0.3 is 5.73 Å². The van der Waals surface area contributed by atoms with Gasteiger partial charge in [-0.15, -0.1) is 0 Å². The zero-order chi connectivity index (χ0) is 15.2. The summed E-state index contributed by atoms with van der Waals surface area (Å²) < 4.78 is 28.4. The Morgan fingerprint density at radius 1 is 1.25 bits per heavy atom. The third-order valence-electron chi connectivity index (χ3n) is 3.13. The van der Waals surface area contributed by atoms with Crippen LogP contribution in [-0.4, -0.2) is 14.5 Å². The summed E-state index contributed by atoms with van der Waals surface area (Å²) in [7, 11) is -3.56. The molecular formula is C14H23BrN2O2S. The Morgan fingerprint density at radius 3 is 2.50 bits per heavy atom. The maximum absolute atomic E-state index is 12.4. The van der Waals surface area contributed by atoms with Crippen molar-refractivity contribution in [2.45, 2.75) is 56.9 Å². The number of anilines is 1. The molecule has 114 valence electrons. The molecule has 0 fully saturated rings. The van der Waals surface area contributed by atoms with Crippen molar-refractivity contribution in [3.63, 3.8) is 0 Å². The van der Waals surface area contributed by atoms with Crippen LogP contribution in [0.15, 0.2) is 27.6 Å². The minimum atomic E-state index is -3.56. The molecule has 0 aromatic heterocycles. The Hall–Kier alpha value is -0.590. The molecule has 0 spiro atoms. The lowest BCUT2D eigenvalue weighted by molar-refractivity contribution is 0.483. The highest BCUT2D eigenvalue weighted by atomic mass is 79.9.